The minimum Gasteiger partial charge on any atom is -0.343 e. The number of rotatable bonds is 3. The molecular weight excluding hydrogens is 246 g/mol. The molecule has 2 nitrogen and oxygen atoms in total. The van der Waals surface area contributed by atoms with Gasteiger partial charge >= 0.3 is 0 Å². The van der Waals surface area contributed by atoms with Gasteiger partial charge in [-0.3, -0.25) is 4.79 Å². The predicted octanol–water partition coefficient (Wildman–Crippen LogP) is 3.80. The maximum atomic E-state index is 12.4. The highest BCUT2D eigenvalue weighted by atomic mass is 16.1. The smallest absolute Gasteiger partial charge is 0.251 e. The number of hydrogen-bond acceptors (Lipinski definition) is 1. The van der Waals surface area contributed by atoms with Gasteiger partial charge in [0.05, 0.1) is 5.54 Å². The van der Waals surface area contributed by atoms with Crippen LogP contribution >= 0.6 is 0 Å². The zero-order valence-corrected chi connectivity index (χ0v) is 11.7. The zero-order valence-electron chi connectivity index (χ0n) is 11.7. The van der Waals surface area contributed by atoms with Gasteiger partial charge in [0, 0.05) is 5.56 Å². The third kappa shape index (κ3) is 2.34. The lowest BCUT2D eigenvalue weighted by molar-refractivity contribution is 0.0823. The van der Waals surface area contributed by atoms with Crippen molar-refractivity contribution >= 4 is 5.91 Å². The first-order valence-corrected chi connectivity index (χ1v) is 7.14. The first kappa shape index (κ1) is 12.9. The van der Waals surface area contributed by atoms with Crippen LogP contribution in [0.3, 0.4) is 0 Å². The molecule has 2 heteroatoms. The maximum Gasteiger partial charge on any atom is 0.251 e. The molecular formula is C18H19NO. The molecule has 3 rings (SSSR count). The van der Waals surface area contributed by atoms with Crippen molar-refractivity contribution in [3.63, 3.8) is 0 Å². The van der Waals surface area contributed by atoms with Crippen LogP contribution in [0.1, 0.15) is 40.7 Å². The van der Waals surface area contributed by atoms with Gasteiger partial charge in [-0.05, 0) is 43.9 Å². The van der Waals surface area contributed by atoms with Crippen LogP contribution < -0.4 is 5.32 Å². The fraction of sp³-hybridized carbons (Fsp3) is 0.278. The Hall–Kier alpha value is -2.09. The molecule has 102 valence electrons. The number of aryl methyl sites for hydroxylation is 1. The fourth-order valence-corrected chi connectivity index (χ4v) is 2.77. The third-order valence-electron chi connectivity index (χ3n) is 4.20. The van der Waals surface area contributed by atoms with Crippen molar-refractivity contribution in [2.24, 2.45) is 0 Å². The van der Waals surface area contributed by atoms with Crippen molar-refractivity contribution in [2.75, 3.05) is 0 Å². The van der Waals surface area contributed by atoms with Crippen molar-refractivity contribution in [1.29, 1.82) is 0 Å². The van der Waals surface area contributed by atoms with Crippen molar-refractivity contribution in [1.82, 2.24) is 5.32 Å². The highest BCUT2D eigenvalue weighted by Gasteiger charge is 2.39. The summed E-state index contributed by atoms with van der Waals surface area (Å²) in [6, 6.07) is 18.0. The third-order valence-corrected chi connectivity index (χ3v) is 4.20. The van der Waals surface area contributed by atoms with Gasteiger partial charge in [-0.2, -0.15) is 0 Å². The average molecular weight is 265 g/mol. The summed E-state index contributed by atoms with van der Waals surface area (Å²) in [5.74, 6) is 0.0218. The predicted molar refractivity (Wildman–Crippen MR) is 80.6 cm³/mol. The summed E-state index contributed by atoms with van der Waals surface area (Å²) in [5.41, 5.74) is 2.95. The van der Waals surface area contributed by atoms with E-state index in [0.717, 1.165) is 18.4 Å². The highest BCUT2D eigenvalue weighted by molar-refractivity contribution is 5.94. The van der Waals surface area contributed by atoms with E-state index in [2.05, 4.69) is 17.4 Å². The standard InChI is InChI=1S/C18H19NO/c1-14-8-10-15(11-9-14)17(20)19-18(12-5-13-18)16-6-3-2-4-7-16/h2-4,6-11H,5,12-13H2,1H3,(H,19,20). The number of carbonyl (C=O) groups excluding carboxylic acids is 1. The van der Waals surface area contributed by atoms with Gasteiger partial charge in [-0.15, -0.1) is 0 Å². The van der Waals surface area contributed by atoms with E-state index in [-0.39, 0.29) is 11.4 Å². The van der Waals surface area contributed by atoms with E-state index in [4.69, 9.17) is 0 Å². The van der Waals surface area contributed by atoms with Crippen LogP contribution in [0.5, 0.6) is 0 Å². The van der Waals surface area contributed by atoms with E-state index in [9.17, 15) is 4.79 Å². The second-order valence-corrected chi connectivity index (χ2v) is 5.62. The molecule has 1 amide bonds. The molecule has 2 aromatic carbocycles. The molecule has 1 N–H and O–H groups in total. The molecule has 0 atom stereocenters. The Bertz CT molecular complexity index is 597. The molecule has 0 bridgehead atoms. The Labute approximate surface area is 119 Å². The first-order chi connectivity index (χ1) is 9.70. The van der Waals surface area contributed by atoms with Crippen LogP contribution in [0.2, 0.25) is 0 Å². The molecule has 2 aromatic rings. The topological polar surface area (TPSA) is 29.1 Å². The van der Waals surface area contributed by atoms with Crippen LogP contribution in [0, 0.1) is 6.92 Å². The van der Waals surface area contributed by atoms with E-state index in [1.165, 1.54) is 17.5 Å². The van der Waals surface area contributed by atoms with Crippen LogP contribution in [0.25, 0.3) is 0 Å². The number of benzene rings is 2. The molecule has 1 saturated carbocycles. The maximum absolute atomic E-state index is 12.4. The largest absolute Gasteiger partial charge is 0.343 e. The quantitative estimate of drug-likeness (QED) is 0.898. The van der Waals surface area contributed by atoms with Crippen molar-refractivity contribution in [2.45, 2.75) is 31.7 Å². The Morgan fingerprint density at radius 2 is 1.65 bits per heavy atom. The molecule has 1 aliphatic rings. The summed E-state index contributed by atoms with van der Waals surface area (Å²) in [4.78, 5) is 12.4. The molecule has 1 fully saturated rings. The van der Waals surface area contributed by atoms with Crippen molar-refractivity contribution in [3.05, 3.63) is 71.3 Å². The second kappa shape index (κ2) is 5.12. The molecule has 20 heavy (non-hydrogen) atoms. The minimum absolute atomic E-state index is 0.0218. The normalized spacial score (nSPS) is 16.2. The van der Waals surface area contributed by atoms with Gasteiger partial charge in [-0.1, -0.05) is 48.0 Å². The number of hydrogen-bond donors (Lipinski definition) is 1. The van der Waals surface area contributed by atoms with Gasteiger partial charge in [0.15, 0.2) is 0 Å². The summed E-state index contributed by atoms with van der Waals surface area (Å²) in [6.07, 6.45) is 3.21. The number of amides is 1. The Morgan fingerprint density at radius 1 is 1.00 bits per heavy atom. The van der Waals surface area contributed by atoms with Gasteiger partial charge in [0.25, 0.3) is 5.91 Å². The van der Waals surface area contributed by atoms with Gasteiger partial charge in [0.2, 0.25) is 0 Å². The molecule has 1 aliphatic carbocycles. The molecule has 0 unspecified atom stereocenters. The lowest BCUT2D eigenvalue weighted by Crippen LogP contribution is -2.50. The van der Waals surface area contributed by atoms with Crippen LogP contribution in [-0.2, 0) is 5.54 Å². The second-order valence-electron chi connectivity index (χ2n) is 5.62. The van der Waals surface area contributed by atoms with Crippen LogP contribution in [0.15, 0.2) is 54.6 Å². The van der Waals surface area contributed by atoms with E-state index in [1.807, 2.05) is 49.4 Å². The monoisotopic (exact) mass is 265 g/mol. The summed E-state index contributed by atoms with van der Waals surface area (Å²) in [7, 11) is 0. The summed E-state index contributed by atoms with van der Waals surface area (Å²) < 4.78 is 0. The van der Waals surface area contributed by atoms with Crippen molar-refractivity contribution in [3.8, 4) is 0 Å². The average Bonchev–Trinajstić information content (AvgIpc) is 2.44. The molecule has 0 spiro atoms. The minimum atomic E-state index is -0.163. The fourth-order valence-electron chi connectivity index (χ4n) is 2.77. The molecule has 0 radical (unpaired) electrons. The summed E-state index contributed by atoms with van der Waals surface area (Å²) in [5, 5.41) is 3.24. The Balaban J connectivity index is 1.82. The molecule has 0 aliphatic heterocycles. The summed E-state index contributed by atoms with van der Waals surface area (Å²) >= 11 is 0. The first-order valence-electron chi connectivity index (χ1n) is 7.14. The molecule has 0 aromatic heterocycles. The number of nitrogens with one attached hydrogen (secondary N) is 1. The molecule has 0 saturated heterocycles. The zero-order chi connectivity index (χ0) is 14.0. The van der Waals surface area contributed by atoms with E-state index < -0.39 is 0 Å². The SMILES string of the molecule is Cc1ccc(C(=O)NC2(c3ccccc3)CCC2)cc1. The van der Waals surface area contributed by atoms with Gasteiger partial charge < -0.3 is 5.32 Å². The van der Waals surface area contributed by atoms with Gasteiger partial charge in [-0.25, -0.2) is 0 Å². The van der Waals surface area contributed by atoms with E-state index in [1.54, 1.807) is 0 Å². The highest BCUT2D eigenvalue weighted by Crippen LogP contribution is 2.41. The number of carbonyl (C=O) groups is 1. The Morgan fingerprint density at radius 3 is 2.20 bits per heavy atom. The lowest BCUT2D eigenvalue weighted by Gasteiger charge is -2.43. The van der Waals surface area contributed by atoms with Gasteiger partial charge in [0.1, 0.15) is 0 Å². The lowest BCUT2D eigenvalue weighted by atomic mass is 9.71. The Kier molecular flexibility index (Phi) is 3.31. The summed E-state index contributed by atoms with van der Waals surface area (Å²) in [6.45, 7) is 2.03. The van der Waals surface area contributed by atoms with Crippen LogP contribution in [-0.4, -0.2) is 5.91 Å². The van der Waals surface area contributed by atoms with E-state index in [0.29, 0.717) is 0 Å². The van der Waals surface area contributed by atoms with Crippen molar-refractivity contribution < 1.29 is 4.79 Å². The van der Waals surface area contributed by atoms with E-state index >= 15 is 0 Å². The van der Waals surface area contributed by atoms with Crippen LogP contribution in [0.4, 0.5) is 0 Å². The molecule has 0 heterocycles.